The third kappa shape index (κ3) is 43.8. The van der Waals surface area contributed by atoms with Crippen LogP contribution in [0.2, 0.25) is 10.0 Å². The van der Waals surface area contributed by atoms with Gasteiger partial charge in [-0.1, -0.05) is 196 Å². The number of aliphatic hydroxyl groups excluding tert-OH is 1. The minimum atomic E-state index is 0.00451. The minimum Gasteiger partial charge on any atom is -0.507 e. The topological polar surface area (TPSA) is 152 Å². The first-order valence-electron chi connectivity index (χ1n) is 30.9. The second-order valence-electron chi connectivity index (χ2n) is 22.3. The molecule has 0 radical (unpaired) electrons. The maximum absolute atomic E-state index is 10.6. The molecule has 0 aromatic heterocycles. The zero-order chi connectivity index (χ0) is 62.2. The molecule has 10 heteroatoms. The Morgan fingerprint density at radius 3 is 1.10 bits per heavy atom. The molecule has 0 amide bonds. The number of allylic oxidation sites excluding steroid dienone is 7. The van der Waals surface area contributed by atoms with Crippen molar-refractivity contribution in [2.45, 2.75) is 298 Å². The minimum absolute atomic E-state index is 0.00451. The lowest BCUT2D eigenvalue weighted by atomic mass is 9.93. The summed E-state index contributed by atoms with van der Waals surface area (Å²) in [5, 5.41) is 49.8. The van der Waals surface area contributed by atoms with Crippen LogP contribution in [0.1, 0.15) is 291 Å². The van der Waals surface area contributed by atoms with Gasteiger partial charge in [0, 0.05) is 17.5 Å². The third-order valence-corrected chi connectivity index (χ3v) is 15.0. The number of aliphatic hydroxyl groups is 1. The Morgan fingerprint density at radius 1 is 0.425 bits per heavy atom. The molecule has 80 heavy (non-hydrogen) atoms. The first-order valence-corrected chi connectivity index (χ1v) is 31.6. The van der Waals surface area contributed by atoms with Crippen LogP contribution in [0.25, 0.3) is 0 Å². The number of hydrogen-bond acceptors (Lipinski definition) is 8. The molecule has 1 atom stereocenters. The Kier molecular flexibility index (Phi) is 54.9. The molecule has 8 nitrogen and oxygen atoms in total. The van der Waals surface area contributed by atoms with Crippen molar-refractivity contribution in [2.75, 3.05) is 6.61 Å². The maximum Gasteiger partial charge on any atom is 0.152 e. The summed E-state index contributed by atoms with van der Waals surface area (Å²) in [4.78, 5) is 31.5. The van der Waals surface area contributed by atoms with Gasteiger partial charge in [0.2, 0.25) is 0 Å². The highest BCUT2D eigenvalue weighted by Crippen LogP contribution is 2.42. The van der Waals surface area contributed by atoms with Crippen LogP contribution in [-0.4, -0.2) is 49.5 Å². The van der Waals surface area contributed by atoms with Gasteiger partial charge in [0.25, 0.3) is 0 Å². The number of halogens is 2. The lowest BCUT2D eigenvalue weighted by Crippen LogP contribution is -2.00. The normalized spacial score (nSPS) is 11.8. The molecule has 2 rings (SSSR count). The van der Waals surface area contributed by atoms with Gasteiger partial charge in [-0.15, -0.1) is 0 Å². The van der Waals surface area contributed by atoms with Crippen LogP contribution in [0, 0.1) is 33.6 Å². The number of carbonyl (C=O) groups excluding carboxylic acids is 3. The summed E-state index contributed by atoms with van der Waals surface area (Å²) in [6.45, 7) is 35.9. The summed E-state index contributed by atoms with van der Waals surface area (Å²) in [6, 6.07) is 0. The molecular weight excluding hydrogens is 1040 g/mol. The van der Waals surface area contributed by atoms with Crippen molar-refractivity contribution < 1.29 is 39.9 Å². The van der Waals surface area contributed by atoms with E-state index in [9.17, 15) is 34.8 Å². The molecule has 462 valence electrons. The molecule has 0 saturated carbocycles. The fourth-order valence-corrected chi connectivity index (χ4v) is 8.92. The Morgan fingerprint density at radius 2 is 0.750 bits per heavy atom. The second kappa shape index (κ2) is 53.2. The summed E-state index contributed by atoms with van der Waals surface area (Å²) in [6.07, 6.45) is 38.0. The van der Waals surface area contributed by atoms with Crippen molar-refractivity contribution in [1.29, 1.82) is 0 Å². The monoisotopic (exact) mass is 1160 g/mol. The van der Waals surface area contributed by atoms with Gasteiger partial charge < -0.3 is 30.3 Å². The maximum atomic E-state index is 10.6. The molecule has 0 aliphatic rings. The van der Waals surface area contributed by atoms with Crippen molar-refractivity contribution in [3.63, 3.8) is 0 Å². The predicted octanol–water partition coefficient (Wildman–Crippen LogP) is 21.8. The molecule has 0 saturated heterocycles. The highest BCUT2D eigenvalue weighted by atomic mass is 35.5. The summed E-state index contributed by atoms with van der Waals surface area (Å²) in [7, 11) is 0. The van der Waals surface area contributed by atoms with Gasteiger partial charge in [0.15, 0.2) is 11.6 Å². The van der Waals surface area contributed by atoms with E-state index in [-0.39, 0.29) is 41.2 Å². The molecule has 1 unspecified atom stereocenters. The SMILES string of the molecule is CCCCC/C(C)=C/C(C)=O.CCCCC/C(C)=C/CO.CCCCC/C(C)=C/Cc1c(O)c(C)c(C)c(Cl)c1O.CCCCC/C(C)=C\C(C)=O.CCCCCC(C)=O.CCCCCC(C)CCc1c(O)c(C)c(C)c(Cl)c1O. The van der Waals surface area contributed by atoms with E-state index in [0.717, 1.165) is 67.2 Å². The number of phenols is 4. The molecule has 5 N–H and O–H groups in total. The van der Waals surface area contributed by atoms with E-state index in [1.807, 2.05) is 40.7 Å². The predicted molar refractivity (Wildman–Crippen MR) is 349 cm³/mol. The van der Waals surface area contributed by atoms with Crippen LogP contribution in [-0.2, 0) is 27.2 Å². The highest BCUT2D eigenvalue weighted by molar-refractivity contribution is 6.33. The number of aromatic hydroxyl groups is 4. The van der Waals surface area contributed by atoms with E-state index in [2.05, 4.69) is 68.4 Å². The van der Waals surface area contributed by atoms with E-state index in [4.69, 9.17) is 28.3 Å². The largest absolute Gasteiger partial charge is 0.507 e. The van der Waals surface area contributed by atoms with Crippen molar-refractivity contribution in [2.24, 2.45) is 5.92 Å². The molecule has 0 aliphatic heterocycles. The van der Waals surface area contributed by atoms with E-state index in [0.29, 0.717) is 45.7 Å². The molecule has 0 aliphatic carbocycles. The van der Waals surface area contributed by atoms with Crippen molar-refractivity contribution in [1.82, 2.24) is 0 Å². The van der Waals surface area contributed by atoms with Crippen LogP contribution in [0.15, 0.2) is 46.6 Å². The summed E-state index contributed by atoms with van der Waals surface area (Å²) in [5.41, 5.74) is 9.13. The number of ketones is 3. The average molecular weight is 1160 g/mol. The second-order valence-corrected chi connectivity index (χ2v) is 23.1. The quantitative estimate of drug-likeness (QED) is 0.0276. The van der Waals surface area contributed by atoms with E-state index >= 15 is 0 Å². The first kappa shape index (κ1) is 82.6. The van der Waals surface area contributed by atoms with Crippen LogP contribution < -0.4 is 0 Å². The number of carbonyl (C=O) groups is 3. The molecule has 2 aromatic carbocycles. The van der Waals surface area contributed by atoms with Gasteiger partial charge in [-0.05, 0) is 194 Å². The lowest BCUT2D eigenvalue weighted by Gasteiger charge is -2.16. The first-order chi connectivity index (χ1) is 37.7. The number of rotatable bonds is 32. The fraction of sp³-hybridized carbons (Fsp3) is 0.671. The van der Waals surface area contributed by atoms with Crippen LogP contribution >= 0.6 is 23.2 Å². The summed E-state index contributed by atoms with van der Waals surface area (Å²) < 4.78 is 0. The van der Waals surface area contributed by atoms with E-state index in [1.165, 1.54) is 138 Å². The van der Waals surface area contributed by atoms with Gasteiger partial charge in [-0.2, -0.15) is 0 Å². The van der Waals surface area contributed by atoms with Crippen LogP contribution in [0.3, 0.4) is 0 Å². The van der Waals surface area contributed by atoms with Gasteiger partial charge in [-0.3, -0.25) is 9.59 Å². The zero-order valence-corrected chi connectivity index (χ0v) is 55.9. The van der Waals surface area contributed by atoms with Gasteiger partial charge in [0.1, 0.15) is 28.8 Å². The average Bonchev–Trinajstić information content (AvgIpc) is 3.39. The fourth-order valence-electron chi connectivity index (χ4n) is 8.40. The zero-order valence-electron chi connectivity index (χ0n) is 54.4. The molecule has 0 fully saturated rings. The Labute approximate surface area is 501 Å². The van der Waals surface area contributed by atoms with E-state index < -0.39 is 0 Å². The Balaban J connectivity index is -0.000000449. The van der Waals surface area contributed by atoms with E-state index in [1.54, 1.807) is 39.8 Å². The summed E-state index contributed by atoms with van der Waals surface area (Å²) >= 11 is 12.2. The number of benzene rings is 2. The molecule has 0 heterocycles. The number of phenolic OH excluding ortho intramolecular Hbond substituents is 4. The number of unbranched alkanes of at least 4 members (excludes halogenated alkanes) is 12. The highest BCUT2D eigenvalue weighted by Gasteiger charge is 2.19. The molecule has 0 bridgehead atoms. The molecule has 2 aromatic rings. The summed E-state index contributed by atoms with van der Waals surface area (Å²) in [5.74, 6) is 1.65. The van der Waals surface area contributed by atoms with Gasteiger partial charge in [-0.25, -0.2) is 0 Å². The van der Waals surface area contributed by atoms with Crippen molar-refractivity contribution in [3.05, 3.63) is 90.0 Å². The molecular formula is C70H120Cl2O8. The smallest absolute Gasteiger partial charge is 0.152 e. The molecule has 0 spiro atoms. The standard InChI is InChI=1S/C17H27ClO2.C17H25ClO2.2C10H18O.C9H18O.C7H14O/c2*1-5-6-7-8-11(2)9-10-14-16(19)13(4)12(3)15(18)17(14)20;2*1-4-5-6-7-9(2)8-10(3)11;1-3-4-5-6-9(2)7-8-10;1-3-4-5-6-7(2)8/h11,19-20H,5-10H2,1-4H3;9,19-20H,5-8,10H2,1-4H3;2*8H,4-7H2,1-3H3;7,10H,3-6,8H2,1-2H3;3-6H2,1-2H3/b;11-9+;9-8+;9-8-;9-7+;. The van der Waals surface area contributed by atoms with Crippen molar-refractivity contribution >= 4 is 40.6 Å². The third-order valence-electron chi connectivity index (χ3n) is 14.1. The lowest BCUT2D eigenvalue weighted by molar-refractivity contribution is -0.117. The van der Waals surface area contributed by atoms with Crippen LogP contribution in [0.5, 0.6) is 23.0 Å². The van der Waals surface area contributed by atoms with Crippen molar-refractivity contribution in [3.8, 4) is 23.0 Å². The van der Waals surface area contributed by atoms with Crippen LogP contribution in [0.4, 0.5) is 0 Å². The number of hydrogen-bond donors (Lipinski definition) is 5. The number of Topliss-reactive ketones (excluding diaryl/α,β-unsaturated/α-hetero) is 1. The Bertz CT molecular complexity index is 2020. The van der Waals surface area contributed by atoms with Gasteiger partial charge >= 0.3 is 0 Å². The van der Waals surface area contributed by atoms with Gasteiger partial charge in [0.05, 0.1) is 16.7 Å². The Hall–Kier alpha value is -3.85.